The molecule has 1 aromatic carbocycles. The van der Waals surface area contributed by atoms with Crippen LogP contribution in [0.5, 0.6) is 0 Å². The number of carbonyl (C=O) groups is 3. The topological polar surface area (TPSA) is 66.5 Å². The third-order valence-corrected chi connectivity index (χ3v) is 4.12. The fraction of sp³-hybridized carbons (Fsp3) is 0.471. The molecule has 5 nitrogen and oxygen atoms in total. The fourth-order valence-electron chi connectivity index (χ4n) is 2.57. The van der Waals surface area contributed by atoms with Crippen LogP contribution in [0.25, 0.3) is 0 Å². The van der Waals surface area contributed by atoms with Crippen molar-refractivity contribution < 1.29 is 14.4 Å². The van der Waals surface area contributed by atoms with E-state index in [0.717, 1.165) is 10.5 Å². The molecule has 0 unspecified atom stereocenters. The smallest absolute Gasteiger partial charge is 0.319 e. The summed E-state index contributed by atoms with van der Waals surface area (Å²) in [4.78, 5) is 36.8. The van der Waals surface area contributed by atoms with Crippen molar-refractivity contribution in [2.24, 2.45) is 0 Å². The van der Waals surface area contributed by atoms with Crippen molar-refractivity contribution >= 4 is 17.7 Å². The van der Waals surface area contributed by atoms with E-state index in [-0.39, 0.29) is 24.7 Å². The van der Waals surface area contributed by atoms with Gasteiger partial charge in [-0.1, -0.05) is 38.1 Å². The molecule has 0 aromatic heterocycles. The summed E-state index contributed by atoms with van der Waals surface area (Å²) in [6, 6.07) is 7.26. The van der Waals surface area contributed by atoms with Crippen LogP contribution in [0.2, 0.25) is 0 Å². The van der Waals surface area contributed by atoms with Gasteiger partial charge in [0.2, 0.25) is 0 Å². The van der Waals surface area contributed by atoms with Crippen molar-refractivity contribution in [3.63, 3.8) is 0 Å². The monoisotopic (exact) mass is 302 g/mol. The van der Waals surface area contributed by atoms with E-state index >= 15 is 0 Å². The molecule has 1 atom stereocenters. The van der Waals surface area contributed by atoms with Crippen LogP contribution in [-0.4, -0.2) is 29.2 Å². The number of nitrogens with one attached hydrogen (secondary N) is 1. The first-order valence-electron chi connectivity index (χ1n) is 7.49. The number of benzene rings is 1. The number of nitrogens with zero attached hydrogens (tertiary/aromatic N) is 1. The highest BCUT2D eigenvalue weighted by Crippen LogP contribution is 2.30. The Balaban J connectivity index is 2.24. The van der Waals surface area contributed by atoms with Gasteiger partial charge in [0, 0.05) is 13.0 Å². The van der Waals surface area contributed by atoms with Gasteiger partial charge in [0.05, 0.1) is 0 Å². The Kier molecular flexibility index (Phi) is 4.35. The number of amides is 3. The van der Waals surface area contributed by atoms with Crippen molar-refractivity contribution in [2.45, 2.75) is 45.6 Å². The molecule has 5 heteroatoms. The zero-order valence-corrected chi connectivity index (χ0v) is 13.5. The third kappa shape index (κ3) is 2.89. The predicted molar refractivity (Wildman–Crippen MR) is 83.4 cm³/mol. The quantitative estimate of drug-likeness (QED) is 0.850. The number of imide groups is 1. The van der Waals surface area contributed by atoms with Gasteiger partial charge >= 0.3 is 6.03 Å². The Morgan fingerprint density at radius 2 is 1.82 bits per heavy atom. The average Bonchev–Trinajstić information content (AvgIpc) is 2.68. The summed E-state index contributed by atoms with van der Waals surface area (Å²) in [5.41, 5.74) is 0.863. The molecular weight excluding hydrogens is 280 g/mol. The van der Waals surface area contributed by atoms with Crippen LogP contribution in [0.4, 0.5) is 4.79 Å². The standard InChI is InChI=1S/C17H22N2O3/c1-11(2)13-5-7-14(8-6-13)17(4)15(21)19(16(22)18-17)10-9-12(3)20/h5-8,11H,9-10H2,1-4H3,(H,18,22)/t17-/m0/s1. The van der Waals surface area contributed by atoms with Gasteiger partial charge in [0.1, 0.15) is 11.3 Å². The molecule has 1 saturated heterocycles. The molecule has 1 heterocycles. The molecular formula is C17H22N2O3. The average molecular weight is 302 g/mol. The van der Waals surface area contributed by atoms with Crippen molar-refractivity contribution in [1.82, 2.24) is 10.2 Å². The molecule has 2 rings (SSSR count). The van der Waals surface area contributed by atoms with Crippen LogP contribution in [0.15, 0.2) is 24.3 Å². The molecule has 0 bridgehead atoms. The molecule has 1 aliphatic heterocycles. The highest BCUT2D eigenvalue weighted by atomic mass is 16.2. The van der Waals surface area contributed by atoms with E-state index in [1.165, 1.54) is 12.5 Å². The van der Waals surface area contributed by atoms with Gasteiger partial charge in [-0.15, -0.1) is 0 Å². The maximum absolute atomic E-state index is 12.6. The number of Topliss-reactive ketones (excluding diaryl/α,β-unsaturated/α-hetero) is 1. The normalized spacial score (nSPS) is 21.4. The van der Waals surface area contributed by atoms with E-state index in [1.54, 1.807) is 6.92 Å². The number of hydrogen-bond acceptors (Lipinski definition) is 3. The Morgan fingerprint density at radius 1 is 1.23 bits per heavy atom. The SMILES string of the molecule is CC(=O)CCN1C(=O)N[C@@](C)(c2ccc(C(C)C)cc2)C1=O. The second-order valence-corrected chi connectivity index (χ2v) is 6.24. The van der Waals surface area contributed by atoms with Crippen LogP contribution in [0.1, 0.15) is 51.2 Å². The lowest BCUT2D eigenvalue weighted by molar-refractivity contribution is -0.131. The van der Waals surface area contributed by atoms with Gasteiger partial charge < -0.3 is 5.32 Å². The number of urea groups is 1. The predicted octanol–water partition coefficient (Wildman–Crippen LogP) is 2.56. The number of hydrogen-bond donors (Lipinski definition) is 1. The molecule has 0 spiro atoms. The first kappa shape index (κ1) is 16.2. The van der Waals surface area contributed by atoms with Crippen molar-refractivity contribution in [3.05, 3.63) is 35.4 Å². The number of rotatable bonds is 5. The summed E-state index contributed by atoms with van der Waals surface area (Å²) >= 11 is 0. The summed E-state index contributed by atoms with van der Waals surface area (Å²) in [6.07, 6.45) is 0.182. The Hall–Kier alpha value is -2.17. The molecule has 1 N–H and O–H groups in total. The summed E-state index contributed by atoms with van der Waals surface area (Å²) < 4.78 is 0. The maximum Gasteiger partial charge on any atom is 0.325 e. The molecule has 3 amide bonds. The van der Waals surface area contributed by atoms with Gasteiger partial charge in [0.15, 0.2) is 0 Å². The highest BCUT2D eigenvalue weighted by molar-refractivity contribution is 6.07. The van der Waals surface area contributed by atoms with E-state index in [9.17, 15) is 14.4 Å². The fourth-order valence-corrected chi connectivity index (χ4v) is 2.57. The minimum atomic E-state index is -1.07. The van der Waals surface area contributed by atoms with E-state index in [0.29, 0.717) is 5.92 Å². The third-order valence-electron chi connectivity index (χ3n) is 4.12. The van der Waals surface area contributed by atoms with Gasteiger partial charge in [0.25, 0.3) is 5.91 Å². The van der Waals surface area contributed by atoms with E-state index in [2.05, 4.69) is 19.2 Å². The summed E-state index contributed by atoms with van der Waals surface area (Å²) in [5, 5.41) is 2.74. The van der Waals surface area contributed by atoms with Crippen LogP contribution in [0.3, 0.4) is 0 Å². The summed E-state index contributed by atoms with van der Waals surface area (Å²) in [5.74, 6) is 0.0503. The number of carbonyl (C=O) groups excluding carboxylic acids is 3. The largest absolute Gasteiger partial charge is 0.325 e. The van der Waals surface area contributed by atoms with Crippen LogP contribution < -0.4 is 5.32 Å². The van der Waals surface area contributed by atoms with Crippen LogP contribution in [-0.2, 0) is 15.1 Å². The van der Waals surface area contributed by atoms with Gasteiger partial charge in [-0.2, -0.15) is 0 Å². The van der Waals surface area contributed by atoms with Gasteiger partial charge in [-0.05, 0) is 30.9 Å². The molecule has 0 saturated carbocycles. The molecule has 1 aliphatic rings. The minimum absolute atomic E-state index is 0.0458. The van der Waals surface area contributed by atoms with Crippen LogP contribution in [0, 0.1) is 0 Å². The van der Waals surface area contributed by atoms with E-state index in [1.807, 2.05) is 24.3 Å². The molecule has 0 aliphatic carbocycles. The van der Waals surface area contributed by atoms with Crippen molar-refractivity contribution in [1.29, 1.82) is 0 Å². The first-order valence-corrected chi connectivity index (χ1v) is 7.49. The number of ketones is 1. The molecule has 1 fully saturated rings. The lowest BCUT2D eigenvalue weighted by Crippen LogP contribution is -2.41. The molecule has 22 heavy (non-hydrogen) atoms. The molecule has 118 valence electrons. The van der Waals surface area contributed by atoms with Crippen LogP contribution >= 0.6 is 0 Å². The molecule has 0 radical (unpaired) electrons. The maximum atomic E-state index is 12.6. The Bertz CT molecular complexity index is 607. The summed E-state index contributed by atoms with van der Waals surface area (Å²) in [7, 11) is 0. The Morgan fingerprint density at radius 3 is 2.32 bits per heavy atom. The first-order chi connectivity index (χ1) is 10.3. The van der Waals surface area contributed by atoms with Gasteiger partial charge in [-0.25, -0.2) is 4.79 Å². The van der Waals surface area contributed by atoms with Crippen molar-refractivity contribution in [3.8, 4) is 0 Å². The Labute approximate surface area is 130 Å². The second kappa shape index (κ2) is 5.91. The van der Waals surface area contributed by atoms with E-state index in [4.69, 9.17) is 0 Å². The van der Waals surface area contributed by atoms with Crippen molar-refractivity contribution in [2.75, 3.05) is 6.54 Å². The highest BCUT2D eigenvalue weighted by Gasteiger charge is 2.48. The second-order valence-electron chi connectivity index (χ2n) is 6.24. The zero-order valence-electron chi connectivity index (χ0n) is 13.5. The minimum Gasteiger partial charge on any atom is -0.319 e. The van der Waals surface area contributed by atoms with Gasteiger partial charge in [-0.3, -0.25) is 14.5 Å². The lowest BCUT2D eigenvalue weighted by atomic mass is 9.90. The summed E-state index contributed by atoms with van der Waals surface area (Å²) in [6.45, 7) is 7.47. The zero-order chi connectivity index (χ0) is 16.5. The molecule has 1 aromatic rings. The lowest BCUT2D eigenvalue weighted by Gasteiger charge is -2.22. The van der Waals surface area contributed by atoms with E-state index < -0.39 is 11.6 Å².